The van der Waals surface area contributed by atoms with Crippen LogP contribution in [0, 0.1) is 6.92 Å². The highest BCUT2D eigenvalue weighted by molar-refractivity contribution is 6.33. The Labute approximate surface area is 169 Å². The van der Waals surface area contributed by atoms with Crippen LogP contribution in [0.25, 0.3) is 22.6 Å². The van der Waals surface area contributed by atoms with Gasteiger partial charge in [-0.1, -0.05) is 28.9 Å². The van der Waals surface area contributed by atoms with E-state index in [9.17, 15) is 9.59 Å². The molecule has 0 aliphatic heterocycles. The molecule has 3 aromatic heterocycles. The molecule has 0 fully saturated rings. The number of nitrogens with zero attached hydrogens (tertiary/aromatic N) is 2. The summed E-state index contributed by atoms with van der Waals surface area (Å²) < 4.78 is 15.7. The van der Waals surface area contributed by atoms with Crippen LogP contribution in [0.3, 0.4) is 0 Å². The van der Waals surface area contributed by atoms with Crippen molar-refractivity contribution in [2.75, 3.05) is 11.9 Å². The van der Waals surface area contributed by atoms with E-state index in [1.165, 1.54) is 12.3 Å². The van der Waals surface area contributed by atoms with Gasteiger partial charge in [-0.25, -0.2) is 9.78 Å². The van der Waals surface area contributed by atoms with Crippen molar-refractivity contribution in [1.29, 1.82) is 0 Å². The van der Waals surface area contributed by atoms with Gasteiger partial charge in [0.05, 0.1) is 33.6 Å². The first-order chi connectivity index (χ1) is 14.0. The van der Waals surface area contributed by atoms with Crippen LogP contribution in [0.1, 0.15) is 16.1 Å². The number of fused-ring (bicyclic) bond motifs is 1. The third-order valence-electron chi connectivity index (χ3n) is 4.09. The fraction of sp³-hybridized carbons (Fsp3) is 0.100. The highest BCUT2D eigenvalue weighted by atomic mass is 35.5. The zero-order valence-corrected chi connectivity index (χ0v) is 15.9. The molecule has 0 saturated carbocycles. The summed E-state index contributed by atoms with van der Waals surface area (Å²) in [5.41, 5.74) is 1.63. The topological polar surface area (TPSA) is 107 Å². The summed E-state index contributed by atoms with van der Waals surface area (Å²) in [7, 11) is 0. The maximum Gasteiger partial charge on any atom is 0.339 e. The fourth-order valence-corrected chi connectivity index (χ4v) is 2.95. The Morgan fingerprint density at radius 3 is 2.79 bits per heavy atom. The number of para-hydroxylation sites is 1. The zero-order chi connectivity index (χ0) is 20.4. The van der Waals surface area contributed by atoms with Crippen molar-refractivity contribution in [3.63, 3.8) is 0 Å². The Hall–Kier alpha value is -3.65. The normalized spacial score (nSPS) is 10.8. The number of nitrogens with one attached hydrogen (secondary N) is 1. The van der Waals surface area contributed by atoms with Crippen molar-refractivity contribution in [2.24, 2.45) is 0 Å². The lowest BCUT2D eigenvalue weighted by atomic mass is 10.1. The summed E-state index contributed by atoms with van der Waals surface area (Å²) in [6, 6.07) is 11.7. The predicted octanol–water partition coefficient (Wildman–Crippen LogP) is 4.24. The highest BCUT2D eigenvalue weighted by Gasteiger charge is 2.22. The number of furan rings is 1. The zero-order valence-electron chi connectivity index (χ0n) is 15.1. The summed E-state index contributed by atoms with van der Waals surface area (Å²) in [6.07, 6.45) is 1.49. The first-order valence-electron chi connectivity index (χ1n) is 8.55. The number of hydrogen-bond donors (Lipinski definition) is 1. The molecule has 146 valence electrons. The van der Waals surface area contributed by atoms with Gasteiger partial charge in [0, 0.05) is 0 Å². The molecule has 3 heterocycles. The van der Waals surface area contributed by atoms with Crippen LogP contribution in [-0.4, -0.2) is 28.6 Å². The molecule has 9 heteroatoms. The number of esters is 1. The minimum absolute atomic E-state index is 0.170. The molecule has 1 amide bonds. The molecule has 29 heavy (non-hydrogen) atoms. The quantitative estimate of drug-likeness (QED) is 0.489. The number of anilines is 1. The van der Waals surface area contributed by atoms with Gasteiger partial charge >= 0.3 is 5.97 Å². The standard InChI is InChI=1S/C20H14ClN3O5/c1-11-18-12(9-15(16-7-4-8-27-16)23-19(18)29-24-11)20(26)28-10-17(25)22-14-6-3-2-5-13(14)21/h2-9H,10H2,1H3,(H,22,25). The molecule has 0 radical (unpaired) electrons. The van der Waals surface area contributed by atoms with Gasteiger partial charge in [0.1, 0.15) is 5.69 Å². The first kappa shape index (κ1) is 18.7. The average Bonchev–Trinajstić information content (AvgIpc) is 3.38. The van der Waals surface area contributed by atoms with Crippen molar-refractivity contribution in [3.05, 3.63) is 65.0 Å². The minimum Gasteiger partial charge on any atom is -0.463 e. The van der Waals surface area contributed by atoms with Gasteiger partial charge in [-0.2, -0.15) is 0 Å². The molecule has 0 bridgehead atoms. The number of ether oxygens (including phenoxy) is 1. The third kappa shape index (κ3) is 3.83. The number of aromatic nitrogens is 2. The molecule has 0 aliphatic rings. The van der Waals surface area contributed by atoms with Gasteiger partial charge in [-0.15, -0.1) is 0 Å². The van der Waals surface area contributed by atoms with E-state index >= 15 is 0 Å². The highest BCUT2D eigenvalue weighted by Crippen LogP contribution is 2.28. The van der Waals surface area contributed by atoms with E-state index in [2.05, 4.69) is 15.5 Å². The molecule has 8 nitrogen and oxygen atoms in total. The molecule has 0 atom stereocenters. The summed E-state index contributed by atoms with van der Waals surface area (Å²) in [5, 5.41) is 7.23. The smallest absolute Gasteiger partial charge is 0.339 e. The number of hydrogen-bond acceptors (Lipinski definition) is 7. The van der Waals surface area contributed by atoms with Crippen molar-refractivity contribution in [3.8, 4) is 11.5 Å². The molecule has 1 N–H and O–H groups in total. The maximum atomic E-state index is 12.7. The van der Waals surface area contributed by atoms with Gasteiger partial charge in [0.2, 0.25) is 0 Å². The van der Waals surface area contributed by atoms with Crippen LogP contribution in [-0.2, 0) is 9.53 Å². The van der Waals surface area contributed by atoms with Gasteiger partial charge in [-0.3, -0.25) is 4.79 Å². The van der Waals surface area contributed by atoms with E-state index in [1.807, 2.05) is 0 Å². The molecule has 1 aromatic carbocycles. The second-order valence-corrected chi connectivity index (χ2v) is 6.49. The Kier molecular flexibility index (Phi) is 5.01. The number of rotatable bonds is 5. The van der Waals surface area contributed by atoms with Gasteiger partial charge < -0.3 is 19.0 Å². The Bertz CT molecular complexity index is 1200. The summed E-state index contributed by atoms with van der Waals surface area (Å²) >= 11 is 6.01. The van der Waals surface area contributed by atoms with Crippen LogP contribution >= 0.6 is 11.6 Å². The van der Waals surface area contributed by atoms with E-state index in [-0.39, 0.29) is 11.3 Å². The van der Waals surface area contributed by atoms with Crippen molar-refractivity contribution in [1.82, 2.24) is 10.1 Å². The number of amides is 1. The predicted molar refractivity (Wildman–Crippen MR) is 105 cm³/mol. The van der Waals surface area contributed by atoms with E-state index < -0.39 is 18.5 Å². The fourth-order valence-electron chi connectivity index (χ4n) is 2.76. The molecule has 4 rings (SSSR count). The second kappa shape index (κ2) is 7.76. The van der Waals surface area contributed by atoms with Crippen LogP contribution in [0.4, 0.5) is 5.69 Å². The maximum absolute atomic E-state index is 12.7. The minimum atomic E-state index is -0.717. The largest absolute Gasteiger partial charge is 0.463 e. The average molecular weight is 412 g/mol. The van der Waals surface area contributed by atoms with Crippen LogP contribution in [0.2, 0.25) is 5.02 Å². The monoisotopic (exact) mass is 411 g/mol. The van der Waals surface area contributed by atoms with Crippen LogP contribution in [0.15, 0.2) is 57.7 Å². The lowest BCUT2D eigenvalue weighted by Crippen LogP contribution is -2.21. The van der Waals surface area contributed by atoms with E-state index in [1.54, 1.807) is 43.3 Å². The van der Waals surface area contributed by atoms with E-state index in [0.29, 0.717) is 33.2 Å². The number of carbonyl (C=O) groups excluding carboxylic acids is 2. The summed E-state index contributed by atoms with van der Waals surface area (Å²) in [4.78, 5) is 29.1. The molecular formula is C20H14ClN3O5. The second-order valence-electron chi connectivity index (χ2n) is 6.08. The number of benzene rings is 1. The van der Waals surface area contributed by atoms with Crippen molar-refractivity contribution < 1.29 is 23.3 Å². The Balaban J connectivity index is 1.56. The van der Waals surface area contributed by atoms with Crippen molar-refractivity contribution >= 4 is 40.3 Å². The van der Waals surface area contributed by atoms with E-state index in [4.69, 9.17) is 25.3 Å². The number of pyridine rings is 1. The molecular weight excluding hydrogens is 398 g/mol. The van der Waals surface area contributed by atoms with Gasteiger partial charge in [0.15, 0.2) is 12.4 Å². The van der Waals surface area contributed by atoms with Crippen LogP contribution in [0.5, 0.6) is 0 Å². The number of aryl methyl sites for hydroxylation is 1. The molecule has 4 aromatic rings. The van der Waals surface area contributed by atoms with Crippen LogP contribution < -0.4 is 5.32 Å². The summed E-state index contributed by atoms with van der Waals surface area (Å²) in [6.45, 7) is 1.19. The number of halogens is 1. The Morgan fingerprint density at radius 2 is 2.03 bits per heavy atom. The molecule has 0 unspecified atom stereocenters. The van der Waals surface area contributed by atoms with Gasteiger partial charge in [0.25, 0.3) is 11.6 Å². The summed E-state index contributed by atoms with van der Waals surface area (Å²) in [5.74, 6) is -0.790. The van der Waals surface area contributed by atoms with Crippen molar-refractivity contribution in [2.45, 2.75) is 6.92 Å². The molecule has 0 aliphatic carbocycles. The van der Waals surface area contributed by atoms with E-state index in [0.717, 1.165) is 0 Å². The number of carbonyl (C=O) groups is 2. The first-order valence-corrected chi connectivity index (χ1v) is 8.93. The Morgan fingerprint density at radius 1 is 1.21 bits per heavy atom. The van der Waals surface area contributed by atoms with Gasteiger partial charge in [-0.05, 0) is 37.3 Å². The molecule has 0 saturated heterocycles. The molecule has 0 spiro atoms. The lowest BCUT2D eigenvalue weighted by Gasteiger charge is -2.09. The third-order valence-corrected chi connectivity index (χ3v) is 4.42. The lowest BCUT2D eigenvalue weighted by molar-refractivity contribution is -0.119. The SMILES string of the molecule is Cc1noc2nc(-c3ccco3)cc(C(=O)OCC(=O)Nc3ccccc3Cl)c12.